The van der Waals surface area contributed by atoms with Crippen LogP contribution in [-0.4, -0.2) is 69.6 Å². The van der Waals surface area contributed by atoms with Crippen LogP contribution in [0.3, 0.4) is 0 Å². The van der Waals surface area contributed by atoms with Crippen molar-refractivity contribution >= 4 is 23.5 Å². The van der Waals surface area contributed by atoms with E-state index < -0.39 is 71.1 Å². The molecule has 1 aliphatic rings. The number of H-pyrrole nitrogens is 1. The van der Waals surface area contributed by atoms with Crippen molar-refractivity contribution < 1.29 is 65.0 Å². The maximum atomic E-state index is 15.3. The molecule has 6 N–H and O–H groups in total. The third-order valence-corrected chi connectivity index (χ3v) is 8.11. The average Bonchev–Trinajstić information content (AvgIpc) is 2.83. The number of hydrogen-bond donors (Lipinski definition) is 6. The minimum Gasteiger partial charge on any atom is -0.387 e. The average molecular weight is 547 g/mol. The summed E-state index contributed by atoms with van der Waals surface area (Å²) in [6, 6.07) is 0. The summed E-state index contributed by atoms with van der Waals surface area (Å²) in [5.74, 6) is 0. The molecule has 2 heterocycles. The molecule has 0 aromatic carbocycles. The van der Waals surface area contributed by atoms with Crippen molar-refractivity contribution in [1.29, 1.82) is 0 Å². The van der Waals surface area contributed by atoms with Gasteiger partial charge < -0.3 is 29.4 Å². The van der Waals surface area contributed by atoms with Gasteiger partial charge >= 0.3 is 29.2 Å². The Kier molecular flexibility index (Phi) is 7.74. The number of aliphatic hydroxyl groups is 1. The number of rotatable bonds is 9. The van der Waals surface area contributed by atoms with Crippen LogP contribution in [-0.2, 0) is 31.6 Å². The van der Waals surface area contributed by atoms with Crippen LogP contribution >= 0.6 is 23.5 Å². The minimum atomic E-state index is -5.90. The van der Waals surface area contributed by atoms with Crippen molar-refractivity contribution in [2.45, 2.75) is 43.6 Å². The number of nitrogens with zero attached hydrogens (tertiary/aromatic N) is 2. The third-order valence-electron chi connectivity index (χ3n) is 4.08. The van der Waals surface area contributed by atoms with Crippen LogP contribution in [0.15, 0.2) is 15.8 Å². The maximum Gasteiger partial charge on any atom is 0.490 e. The lowest BCUT2D eigenvalue weighted by atomic mass is 9.90. The van der Waals surface area contributed by atoms with E-state index in [0.29, 0.717) is 6.20 Å². The number of phosphoric acid groups is 3. The monoisotopic (exact) mass is 547 g/mol. The highest BCUT2D eigenvalue weighted by atomic mass is 31.3. The van der Waals surface area contributed by atoms with Crippen molar-refractivity contribution in [2.24, 2.45) is 0 Å². The fraction of sp³-hybridized carbons (Fsp3) is 0.727. The van der Waals surface area contributed by atoms with Crippen LogP contribution < -0.4 is 11.2 Å². The number of hydrogen-bond acceptors (Lipinski definition) is 11. The number of phosphoric ester groups is 1. The maximum absolute atomic E-state index is 15.3. The number of aromatic nitrogens is 3. The van der Waals surface area contributed by atoms with E-state index in [1.165, 1.54) is 0 Å². The van der Waals surface area contributed by atoms with E-state index in [4.69, 9.17) is 14.5 Å². The van der Waals surface area contributed by atoms with Gasteiger partial charge in [-0.15, -0.1) is 0 Å². The van der Waals surface area contributed by atoms with Crippen molar-refractivity contribution in [3.63, 3.8) is 0 Å². The molecule has 0 bridgehead atoms. The van der Waals surface area contributed by atoms with Crippen LogP contribution in [0.1, 0.15) is 20.1 Å². The number of alkyl halides is 2. The Morgan fingerprint density at radius 1 is 1.21 bits per heavy atom. The SMILES string of the molecule is CC(C)(OP(=O)(O)OP(=O)(O)OP(=O)(O)O)[C@H]1O[C@@H](n2ncc(=O)[nH]c2=O)[C@@](F)(CF)C1O. The first-order valence-corrected chi connectivity index (χ1v) is 12.9. The number of nitrogens with one attached hydrogen (secondary N) is 1. The van der Waals surface area contributed by atoms with Gasteiger partial charge in [-0.1, -0.05) is 0 Å². The normalized spacial score (nSPS) is 30.0. The lowest BCUT2D eigenvalue weighted by Gasteiger charge is -2.34. The molecule has 1 aromatic rings. The predicted octanol–water partition coefficient (Wildman–Crippen LogP) is -1.01. The van der Waals surface area contributed by atoms with E-state index >= 15 is 4.39 Å². The molecule has 0 spiro atoms. The van der Waals surface area contributed by atoms with E-state index in [0.717, 1.165) is 13.8 Å². The highest BCUT2D eigenvalue weighted by Gasteiger charge is 2.64. The van der Waals surface area contributed by atoms with Crippen LogP contribution in [0.25, 0.3) is 0 Å². The summed E-state index contributed by atoms with van der Waals surface area (Å²) in [7, 11) is -17.4. The zero-order valence-corrected chi connectivity index (χ0v) is 19.1. The van der Waals surface area contributed by atoms with Gasteiger partial charge in [0.05, 0.1) is 0 Å². The standard InChI is InChI=1S/C11H18F2N3O14P3/c1-10(2,28-32(23,24)30-33(25,26)29-31(20,21)22)7-6(18)11(13,4-12)8(27-7)16-9(19)15-5(17)3-14-16/h3,6-8,18H,4H2,1-2H3,(H,23,24)(H,25,26)(H,15,17,19)(H2,20,21,22)/t6?,7-,8+,11+/m0/s1. The molecule has 22 heteroatoms. The first kappa shape index (κ1) is 28.0. The largest absolute Gasteiger partial charge is 0.490 e. The van der Waals surface area contributed by atoms with Crippen LogP contribution in [0.4, 0.5) is 8.78 Å². The summed E-state index contributed by atoms with van der Waals surface area (Å²) in [6.07, 6.45) is -6.42. The van der Waals surface area contributed by atoms with Crippen molar-refractivity contribution in [1.82, 2.24) is 14.8 Å². The highest BCUT2D eigenvalue weighted by Crippen LogP contribution is 2.67. The van der Waals surface area contributed by atoms with Crippen LogP contribution in [0.2, 0.25) is 0 Å². The predicted molar refractivity (Wildman–Crippen MR) is 97.9 cm³/mol. The van der Waals surface area contributed by atoms with Crippen molar-refractivity contribution in [2.75, 3.05) is 6.67 Å². The molecule has 0 radical (unpaired) electrons. The summed E-state index contributed by atoms with van der Waals surface area (Å²) in [5.41, 5.74) is -8.14. The first-order chi connectivity index (χ1) is 14.7. The minimum absolute atomic E-state index is 0.144. The Balaban J connectivity index is 2.35. The Morgan fingerprint density at radius 2 is 1.79 bits per heavy atom. The highest BCUT2D eigenvalue weighted by molar-refractivity contribution is 7.66. The molecular formula is C11H18F2N3O14P3. The Morgan fingerprint density at radius 3 is 2.27 bits per heavy atom. The molecule has 1 aromatic heterocycles. The second-order valence-corrected chi connectivity index (χ2v) is 11.4. The number of aliphatic hydroxyl groups excluding tert-OH is 1. The Bertz CT molecular complexity index is 1150. The van der Waals surface area contributed by atoms with Gasteiger partial charge in [0.15, 0.2) is 6.23 Å². The third kappa shape index (κ3) is 6.48. The molecule has 0 aliphatic carbocycles. The molecule has 1 saturated heterocycles. The summed E-state index contributed by atoms with van der Waals surface area (Å²) in [5, 5.41) is 13.6. The van der Waals surface area contributed by atoms with Gasteiger partial charge in [0, 0.05) is 0 Å². The zero-order valence-electron chi connectivity index (χ0n) is 16.4. The molecular weight excluding hydrogens is 529 g/mol. The first-order valence-electron chi connectivity index (χ1n) is 8.34. The molecule has 1 aliphatic heterocycles. The van der Waals surface area contributed by atoms with E-state index in [-0.39, 0.29) is 4.68 Å². The Labute approximate surface area is 181 Å². The van der Waals surface area contributed by atoms with E-state index in [9.17, 15) is 42.6 Å². The number of ether oxygens (including phenoxy) is 1. The fourth-order valence-electron chi connectivity index (χ4n) is 2.85. The van der Waals surface area contributed by atoms with Crippen LogP contribution in [0, 0.1) is 0 Å². The lowest BCUT2D eigenvalue weighted by molar-refractivity contribution is -0.123. The second kappa shape index (κ2) is 9.11. The van der Waals surface area contributed by atoms with Crippen LogP contribution in [0.5, 0.6) is 0 Å². The molecule has 190 valence electrons. The Hall–Kier alpha value is -1.20. The van der Waals surface area contributed by atoms with Gasteiger partial charge in [-0.3, -0.25) is 14.3 Å². The zero-order chi connectivity index (χ0) is 25.6. The lowest BCUT2D eigenvalue weighted by Crippen LogP contribution is -2.51. The van der Waals surface area contributed by atoms with Gasteiger partial charge in [0.2, 0.25) is 5.67 Å². The van der Waals surface area contributed by atoms with E-state index in [1.807, 2.05) is 0 Å². The summed E-state index contributed by atoms with van der Waals surface area (Å²) >= 11 is 0. The van der Waals surface area contributed by atoms with Gasteiger partial charge in [0.25, 0.3) is 5.56 Å². The van der Waals surface area contributed by atoms with Gasteiger partial charge in [-0.25, -0.2) is 27.3 Å². The molecule has 17 nitrogen and oxygen atoms in total. The molecule has 0 amide bonds. The van der Waals surface area contributed by atoms with Gasteiger partial charge in [-0.05, 0) is 13.8 Å². The number of halogens is 2. The molecule has 0 saturated carbocycles. The van der Waals surface area contributed by atoms with Crippen molar-refractivity contribution in [3.8, 4) is 0 Å². The van der Waals surface area contributed by atoms with E-state index in [2.05, 4.69) is 18.2 Å². The summed E-state index contributed by atoms with van der Waals surface area (Å²) in [4.78, 5) is 60.7. The molecule has 6 atom stereocenters. The van der Waals surface area contributed by atoms with Crippen molar-refractivity contribution in [3.05, 3.63) is 27.0 Å². The molecule has 1 fully saturated rings. The second-order valence-electron chi connectivity index (χ2n) is 7.08. The summed E-state index contributed by atoms with van der Waals surface area (Å²) < 4.78 is 80.1. The summed E-state index contributed by atoms with van der Waals surface area (Å²) in [6.45, 7) is -0.277. The molecule has 33 heavy (non-hydrogen) atoms. The smallest absolute Gasteiger partial charge is 0.387 e. The molecule has 2 rings (SSSR count). The van der Waals surface area contributed by atoms with Gasteiger partial charge in [0.1, 0.15) is 30.7 Å². The molecule has 3 unspecified atom stereocenters. The fourth-order valence-corrected chi connectivity index (χ4v) is 6.19. The topological polar surface area (TPSA) is 257 Å². The van der Waals surface area contributed by atoms with Gasteiger partial charge in [-0.2, -0.15) is 18.4 Å². The quantitative estimate of drug-likeness (QED) is 0.202. The van der Waals surface area contributed by atoms with E-state index in [1.54, 1.807) is 4.98 Å². The number of aromatic amines is 1.